The van der Waals surface area contributed by atoms with Crippen molar-refractivity contribution in [3.63, 3.8) is 0 Å². The van der Waals surface area contributed by atoms with Crippen molar-refractivity contribution in [3.05, 3.63) is 28.0 Å². The van der Waals surface area contributed by atoms with E-state index < -0.39 is 0 Å². The summed E-state index contributed by atoms with van der Waals surface area (Å²) < 4.78 is 2.52. The fourth-order valence-electron chi connectivity index (χ4n) is 1.82. The molecule has 0 aliphatic rings. The number of nitrogens with one attached hydrogen (secondary N) is 1. The zero-order chi connectivity index (χ0) is 13.4. The summed E-state index contributed by atoms with van der Waals surface area (Å²) in [6.07, 6.45) is 0.886. The Morgan fingerprint density at radius 2 is 2.32 bits per heavy atom. The monoisotopic (exact) mass is 308 g/mol. The van der Waals surface area contributed by atoms with Crippen LogP contribution >= 0.6 is 34.9 Å². The number of nitrogens with zero attached hydrogens (tertiary/aromatic N) is 3. The highest BCUT2D eigenvalue weighted by molar-refractivity contribution is 7.71. The van der Waals surface area contributed by atoms with Crippen LogP contribution < -0.4 is 0 Å². The zero-order valence-corrected chi connectivity index (χ0v) is 13.0. The molecule has 0 saturated heterocycles. The molecular weight excluding hydrogens is 296 g/mol. The quantitative estimate of drug-likeness (QED) is 0.747. The molecule has 0 bridgehead atoms. The van der Waals surface area contributed by atoms with Gasteiger partial charge < -0.3 is 4.57 Å². The second-order valence-corrected chi connectivity index (χ2v) is 6.37. The molecule has 0 amide bonds. The summed E-state index contributed by atoms with van der Waals surface area (Å²) in [6.45, 7) is 2.11. The average molecular weight is 308 g/mol. The molecule has 19 heavy (non-hydrogen) atoms. The topological polar surface area (TPSA) is 46.5 Å². The minimum atomic E-state index is 0.628. The maximum absolute atomic E-state index is 5.17. The summed E-state index contributed by atoms with van der Waals surface area (Å²) in [5.74, 6) is 0.863. The molecule has 4 nitrogen and oxygen atoms in total. The van der Waals surface area contributed by atoms with Crippen LogP contribution in [0.1, 0.15) is 12.6 Å². The third kappa shape index (κ3) is 2.18. The average Bonchev–Trinajstić information content (AvgIpc) is 3.11. The standard InChI is InChI=1S/C12H12N4S3/c1-3-7-9(10-14-15-12(17)16(10)2)19-11(13-7)8-5-4-6-18-8/h4-6H,3H2,1-2H3,(H,15,17). The Morgan fingerprint density at radius 1 is 1.47 bits per heavy atom. The minimum absolute atomic E-state index is 0.628. The third-order valence-electron chi connectivity index (χ3n) is 2.85. The van der Waals surface area contributed by atoms with E-state index in [4.69, 9.17) is 17.2 Å². The number of thiazole rings is 1. The normalized spacial score (nSPS) is 11.1. The number of aromatic amines is 1. The Kier molecular flexibility index (Phi) is 3.34. The van der Waals surface area contributed by atoms with Crippen LogP contribution in [0.15, 0.2) is 17.5 Å². The Balaban J connectivity index is 2.16. The number of hydrogen-bond acceptors (Lipinski definition) is 5. The fourth-order valence-corrected chi connectivity index (χ4v) is 3.93. The van der Waals surface area contributed by atoms with E-state index in [0.717, 1.165) is 27.8 Å². The molecule has 0 aliphatic heterocycles. The van der Waals surface area contributed by atoms with Crippen molar-refractivity contribution in [1.82, 2.24) is 19.7 Å². The lowest BCUT2D eigenvalue weighted by atomic mass is 10.3. The van der Waals surface area contributed by atoms with Gasteiger partial charge in [-0.05, 0) is 30.1 Å². The van der Waals surface area contributed by atoms with Crippen molar-refractivity contribution >= 4 is 34.9 Å². The largest absolute Gasteiger partial charge is 0.303 e. The molecule has 0 unspecified atom stereocenters. The molecule has 0 radical (unpaired) electrons. The van der Waals surface area contributed by atoms with Crippen LogP contribution in [-0.4, -0.2) is 19.7 Å². The molecule has 3 rings (SSSR count). The van der Waals surface area contributed by atoms with Gasteiger partial charge in [0.15, 0.2) is 10.6 Å². The lowest BCUT2D eigenvalue weighted by Crippen LogP contribution is -1.93. The van der Waals surface area contributed by atoms with Gasteiger partial charge in [0.05, 0.1) is 15.4 Å². The first-order valence-electron chi connectivity index (χ1n) is 5.86. The Bertz CT molecular complexity index is 748. The van der Waals surface area contributed by atoms with E-state index in [0.29, 0.717) is 4.77 Å². The number of aromatic nitrogens is 4. The molecule has 0 fully saturated rings. The van der Waals surface area contributed by atoms with Crippen molar-refractivity contribution in [2.45, 2.75) is 13.3 Å². The first-order chi connectivity index (χ1) is 9.20. The zero-order valence-electron chi connectivity index (χ0n) is 10.5. The highest BCUT2D eigenvalue weighted by Crippen LogP contribution is 2.36. The van der Waals surface area contributed by atoms with E-state index in [9.17, 15) is 0 Å². The molecular formula is C12H12N4S3. The van der Waals surface area contributed by atoms with Gasteiger partial charge in [0.2, 0.25) is 0 Å². The summed E-state index contributed by atoms with van der Waals surface area (Å²) in [6, 6.07) is 4.14. The van der Waals surface area contributed by atoms with Crippen LogP contribution in [0, 0.1) is 4.77 Å². The van der Waals surface area contributed by atoms with Crippen molar-refractivity contribution in [2.24, 2.45) is 7.05 Å². The molecule has 3 heterocycles. The molecule has 0 atom stereocenters. The molecule has 1 N–H and O–H groups in total. The van der Waals surface area contributed by atoms with Crippen molar-refractivity contribution in [1.29, 1.82) is 0 Å². The molecule has 3 aromatic heterocycles. The molecule has 0 aromatic carbocycles. The van der Waals surface area contributed by atoms with Gasteiger partial charge in [-0.25, -0.2) is 4.98 Å². The van der Waals surface area contributed by atoms with Gasteiger partial charge >= 0.3 is 0 Å². The summed E-state index contributed by atoms with van der Waals surface area (Å²) >= 11 is 8.55. The number of H-pyrrole nitrogens is 1. The minimum Gasteiger partial charge on any atom is -0.303 e. The van der Waals surface area contributed by atoms with Gasteiger partial charge in [0.1, 0.15) is 5.01 Å². The lowest BCUT2D eigenvalue weighted by Gasteiger charge is -1.98. The first-order valence-corrected chi connectivity index (χ1v) is 7.96. The van der Waals surface area contributed by atoms with Gasteiger partial charge in [0.25, 0.3) is 0 Å². The molecule has 0 aliphatic carbocycles. The molecule has 3 aromatic rings. The van der Waals surface area contributed by atoms with Gasteiger partial charge in [-0.15, -0.1) is 22.7 Å². The SMILES string of the molecule is CCc1nc(-c2cccs2)sc1-c1n[nH]c(=S)n1C. The van der Waals surface area contributed by atoms with Crippen LogP contribution in [0.25, 0.3) is 20.6 Å². The predicted octanol–water partition coefficient (Wildman–Crippen LogP) is 3.89. The van der Waals surface area contributed by atoms with Crippen LogP contribution in [0.3, 0.4) is 0 Å². The second-order valence-electron chi connectivity index (χ2n) is 4.04. The van der Waals surface area contributed by atoms with Crippen molar-refractivity contribution < 1.29 is 0 Å². The number of thiophene rings is 1. The van der Waals surface area contributed by atoms with Gasteiger partial charge in [-0.1, -0.05) is 13.0 Å². The van der Waals surface area contributed by atoms with Gasteiger partial charge in [-0.2, -0.15) is 5.10 Å². The first kappa shape index (κ1) is 12.7. The van der Waals surface area contributed by atoms with Gasteiger partial charge in [-0.3, -0.25) is 5.10 Å². The lowest BCUT2D eigenvalue weighted by molar-refractivity contribution is 0.900. The summed E-state index contributed by atoms with van der Waals surface area (Å²) in [7, 11) is 1.92. The number of hydrogen-bond donors (Lipinski definition) is 1. The summed E-state index contributed by atoms with van der Waals surface area (Å²) in [5, 5.41) is 10.3. The maximum atomic E-state index is 5.17. The molecule has 7 heteroatoms. The van der Waals surface area contributed by atoms with E-state index in [2.05, 4.69) is 28.6 Å². The Morgan fingerprint density at radius 3 is 2.89 bits per heavy atom. The van der Waals surface area contributed by atoms with Crippen molar-refractivity contribution in [3.8, 4) is 20.6 Å². The number of aryl methyl sites for hydroxylation is 1. The Hall–Kier alpha value is -1.31. The van der Waals surface area contributed by atoms with Crippen LogP contribution in [0.5, 0.6) is 0 Å². The van der Waals surface area contributed by atoms with Crippen LogP contribution in [-0.2, 0) is 13.5 Å². The van der Waals surface area contributed by atoms with Crippen LogP contribution in [0.4, 0.5) is 0 Å². The molecule has 0 spiro atoms. The highest BCUT2D eigenvalue weighted by atomic mass is 32.1. The second kappa shape index (κ2) is 4.99. The maximum Gasteiger partial charge on any atom is 0.195 e. The predicted molar refractivity (Wildman–Crippen MR) is 82.2 cm³/mol. The van der Waals surface area contributed by atoms with Crippen LogP contribution in [0.2, 0.25) is 0 Å². The third-order valence-corrected chi connectivity index (χ3v) is 5.34. The van der Waals surface area contributed by atoms with Gasteiger partial charge in [0, 0.05) is 7.05 Å². The van der Waals surface area contributed by atoms with E-state index in [1.54, 1.807) is 22.7 Å². The summed E-state index contributed by atoms with van der Waals surface area (Å²) in [5.41, 5.74) is 1.07. The smallest absolute Gasteiger partial charge is 0.195 e. The van der Waals surface area contributed by atoms with E-state index >= 15 is 0 Å². The fraction of sp³-hybridized carbons (Fsp3) is 0.250. The highest BCUT2D eigenvalue weighted by Gasteiger charge is 2.17. The Labute approximate surface area is 123 Å². The van der Waals surface area contributed by atoms with E-state index in [1.165, 1.54) is 4.88 Å². The number of rotatable bonds is 3. The molecule has 98 valence electrons. The molecule has 0 saturated carbocycles. The summed E-state index contributed by atoms with van der Waals surface area (Å²) in [4.78, 5) is 7.02. The van der Waals surface area contributed by atoms with E-state index in [-0.39, 0.29) is 0 Å². The van der Waals surface area contributed by atoms with E-state index in [1.807, 2.05) is 17.7 Å². The van der Waals surface area contributed by atoms with Crippen molar-refractivity contribution in [2.75, 3.05) is 0 Å².